The van der Waals surface area contributed by atoms with Gasteiger partial charge in [-0.1, -0.05) is 19.1 Å². The van der Waals surface area contributed by atoms with E-state index in [2.05, 4.69) is 16.9 Å². The number of imidazole rings is 1. The maximum Gasteiger partial charge on any atom is 0.274 e. The molecule has 1 saturated heterocycles. The van der Waals surface area contributed by atoms with Crippen molar-refractivity contribution < 1.29 is 9.53 Å². The summed E-state index contributed by atoms with van der Waals surface area (Å²) < 4.78 is 5.22. The summed E-state index contributed by atoms with van der Waals surface area (Å²) in [6, 6.07) is 7.64. The number of amides is 1. The molecule has 0 unspecified atom stereocenters. The van der Waals surface area contributed by atoms with Crippen LogP contribution in [-0.2, 0) is 0 Å². The molecule has 0 bridgehead atoms. The lowest BCUT2D eigenvalue weighted by molar-refractivity contribution is 0.0524. The smallest absolute Gasteiger partial charge is 0.274 e. The van der Waals surface area contributed by atoms with Crippen LogP contribution >= 0.6 is 0 Å². The van der Waals surface area contributed by atoms with Crippen LogP contribution in [0.1, 0.15) is 23.1 Å². The molecule has 1 aromatic heterocycles. The number of carbonyl (C=O) groups is 1. The van der Waals surface area contributed by atoms with Gasteiger partial charge in [-0.15, -0.1) is 0 Å². The molecule has 0 aliphatic carbocycles. The molecular weight excluding hydrogens is 266 g/mol. The van der Waals surface area contributed by atoms with E-state index in [9.17, 15) is 4.79 Å². The Bertz CT molecular complexity index is 672. The molecule has 1 N–H and O–H groups in total. The largest absolute Gasteiger partial charge is 0.497 e. The molecule has 5 nitrogen and oxygen atoms in total. The second-order valence-corrected chi connectivity index (χ2v) is 5.61. The molecule has 1 aliphatic heterocycles. The highest BCUT2D eigenvalue weighted by molar-refractivity contribution is 5.94. The maximum absolute atomic E-state index is 12.4. The van der Waals surface area contributed by atoms with Crippen LogP contribution in [0.5, 0.6) is 5.75 Å². The molecule has 0 atom stereocenters. The molecule has 0 radical (unpaired) electrons. The first kappa shape index (κ1) is 13.7. The van der Waals surface area contributed by atoms with Gasteiger partial charge in [0.05, 0.1) is 7.11 Å². The van der Waals surface area contributed by atoms with Crippen LogP contribution < -0.4 is 4.74 Å². The lowest BCUT2D eigenvalue weighted by Crippen LogP contribution is -2.48. The number of carbonyl (C=O) groups excluding carboxylic acids is 1. The number of H-pyrrole nitrogens is 1. The van der Waals surface area contributed by atoms with Gasteiger partial charge < -0.3 is 14.6 Å². The molecule has 1 aromatic carbocycles. The van der Waals surface area contributed by atoms with Crippen molar-refractivity contribution in [2.45, 2.75) is 13.8 Å². The lowest BCUT2D eigenvalue weighted by atomic mass is 10.0. The van der Waals surface area contributed by atoms with Crippen molar-refractivity contribution in [3.63, 3.8) is 0 Å². The standard InChI is InChI=1S/C16H19N3O2/c1-10-8-19(9-10)16(20)14-11(2)17-15(18-14)12-5-4-6-13(7-12)21-3/h4-7,10H,8-9H2,1-3H3,(H,17,18). The summed E-state index contributed by atoms with van der Waals surface area (Å²) >= 11 is 0. The molecule has 1 fully saturated rings. The number of nitrogens with one attached hydrogen (secondary N) is 1. The van der Waals surface area contributed by atoms with Gasteiger partial charge >= 0.3 is 0 Å². The van der Waals surface area contributed by atoms with Crippen LogP contribution in [0, 0.1) is 12.8 Å². The van der Waals surface area contributed by atoms with E-state index in [0.29, 0.717) is 17.4 Å². The van der Waals surface area contributed by atoms with E-state index in [-0.39, 0.29) is 5.91 Å². The first-order valence-electron chi connectivity index (χ1n) is 7.08. The van der Waals surface area contributed by atoms with Crippen LogP contribution in [0.15, 0.2) is 24.3 Å². The molecule has 0 saturated carbocycles. The number of aromatic nitrogens is 2. The molecule has 1 aliphatic rings. The highest BCUT2D eigenvalue weighted by atomic mass is 16.5. The number of aryl methyl sites for hydroxylation is 1. The number of hydrogen-bond acceptors (Lipinski definition) is 3. The fraction of sp³-hybridized carbons (Fsp3) is 0.375. The Kier molecular flexibility index (Phi) is 3.41. The van der Waals surface area contributed by atoms with Crippen LogP contribution in [0.4, 0.5) is 0 Å². The second-order valence-electron chi connectivity index (χ2n) is 5.61. The van der Waals surface area contributed by atoms with Crippen LogP contribution in [0.25, 0.3) is 11.4 Å². The van der Waals surface area contributed by atoms with Gasteiger partial charge in [0.2, 0.25) is 0 Å². The Balaban J connectivity index is 1.88. The minimum absolute atomic E-state index is 0.0102. The third kappa shape index (κ3) is 2.51. The molecule has 21 heavy (non-hydrogen) atoms. The Morgan fingerprint density at radius 2 is 2.19 bits per heavy atom. The van der Waals surface area contributed by atoms with Gasteiger partial charge in [0.1, 0.15) is 17.3 Å². The molecule has 5 heteroatoms. The van der Waals surface area contributed by atoms with Crippen molar-refractivity contribution >= 4 is 5.91 Å². The van der Waals surface area contributed by atoms with Crippen LogP contribution in [0.2, 0.25) is 0 Å². The average Bonchev–Trinajstić information content (AvgIpc) is 2.85. The lowest BCUT2D eigenvalue weighted by Gasteiger charge is -2.36. The first-order valence-corrected chi connectivity index (χ1v) is 7.08. The fourth-order valence-corrected chi connectivity index (χ4v) is 2.59. The van der Waals surface area contributed by atoms with E-state index in [1.165, 1.54) is 0 Å². The normalized spacial score (nSPS) is 14.9. The molecule has 2 aromatic rings. The number of methoxy groups -OCH3 is 1. The van der Waals surface area contributed by atoms with E-state index < -0.39 is 0 Å². The van der Waals surface area contributed by atoms with Crippen LogP contribution in [0.3, 0.4) is 0 Å². The third-order valence-electron chi connectivity index (χ3n) is 3.78. The van der Waals surface area contributed by atoms with Crippen molar-refractivity contribution in [3.8, 4) is 17.1 Å². The minimum atomic E-state index is 0.0102. The maximum atomic E-state index is 12.4. The quantitative estimate of drug-likeness (QED) is 0.942. The van der Waals surface area contributed by atoms with E-state index >= 15 is 0 Å². The Labute approximate surface area is 124 Å². The number of hydrogen-bond donors (Lipinski definition) is 1. The summed E-state index contributed by atoms with van der Waals surface area (Å²) in [5, 5.41) is 0. The van der Waals surface area contributed by atoms with Crippen molar-refractivity contribution in [2.24, 2.45) is 5.92 Å². The summed E-state index contributed by atoms with van der Waals surface area (Å²) in [5.41, 5.74) is 2.23. The topological polar surface area (TPSA) is 58.2 Å². The monoisotopic (exact) mass is 285 g/mol. The molecule has 3 rings (SSSR count). The van der Waals surface area contributed by atoms with Gasteiger partial charge in [-0.05, 0) is 25.0 Å². The number of rotatable bonds is 3. The predicted octanol–water partition coefficient (Wildman–Crippen LogP) is 2.49. The Morgan fingerprint density at radius 3 is 2.86 bits per heavy atom. The van der Waals surface area contributed by atoms with Gasteiger partial charge in [0.25, 0.3) is 5.91 Å². The van der Waals surface area contributed by atoms with Crippen molar-refractivity contribution in [1.29, 1.82) is 0 Å². The first-order chi connectivity index (χ1) is 10.1. The summed E-state index contributed by atoms with van der Waals surface area (Å²) in [7, 11) is 1.63. The number of ether oxygens (including phenoxy) is 1. The third-order valence-corrected chi connectivity index (χ3v) is 3.78. The summed E-state index contributed by atoms with van der Waals surface area (Å²) in [6.45, 7) is 5.66. The van der Waals surface area contributed by atoms with Gasteiger partial charge in [0, 0.05) is 24.3 Å². The van der Waals surface area contributed by atoms with E-state index in [0.717, 1.165) is 30.1 Å². The average molecular weight is 285 g/mol. The summed E-state index contributed by atoms with van der Waals surface area (Å²) in [4.78, 5) is 21.9. The number of likely N-dealkylation sites (tertiary alicyclic amines) is 1. The van der Waals surface area contributed by atoms with E-state index in [4.69, 9.17) is 4.74 Å². The van der Waals surface area contributed by atoms with E-state index in [1.54, 1.807) is 7.11 Å². The number of nitrogens with zero attached hydrogens (tertiary/aromatic N) is 2. The van der Waals surface area contributed by atoms with Gasteiger partial charge in [-0.25, -0.2) is 4.98 Å². The van der Waals surface area contributed by atoms with Gasteiger partial charge in [0.15, 0.2) is 0 Å². The molecule has 0 spiro atoms. The van der Waals surface area contributed by atoms with Crippen LogP contribution in [-0.4, -0.2) is 41.0 Å². The number of benzene rings is 1. The van der Waals surface area contributed by atoms with Crippen molar-refractivity contribution in [1.82, 2.24) is 14.9 Å². The Morgan fingerprint density at radius 1 is 1.43 bits per heavy atom. The molecule has 1 amide bonds. The Hall–Kier alpha value is -2.30. The zero-order chi connectivity index (χ0) is 15.0. The molecule has 110 valence electrons. The van der Waals surface area contributed by atoms with Gasteiger partial charge in [-0.3, -0.25) is 4.79 Å². The SMILES string of the molecule is COc1cccc(-c2nc(C(=O)N3CC(C)C3)c(C)[nH]2)c1. The molecule has 2 heterocycles. The summed E-state index contributed by atoms with van der Waals surface area (Å²) in [6.07, 6.45) is 0. The van der Waals surface area contributed by atoms with Crippen molar-refractivity contribution in [2.75, 3.05) is 20.2 Å². The number of aromatic amines is 1. The highest BCUT2D eigenvalue weighted by Crippen LogP contribution is 2.24. The second kappa shape index (κ2) is 5.24. The fourth-order valence-electron chi connectivity index (χ4n) is 2.59. The molecular formula is C16H19N3O2. The summed E-state index contributed by atoms with van der Waals surface area (Å²) in [5.74, 6) is 2.07. The zero-order valence-electron chi connectivity index (χ0n) is 12.5. The van der Waals surface area contributed by atoms with E-state index in [1.807, 2.05) is 36.1 Å². The minimum Gasteiger partial charge on any atom is -0.497 e. The zero-order valence-corrected chi connectivity index (χ0v) is 12.5. The predicted molar refractivity (Wildman–Crippen MR) is 80.4 cm³/mol. The van der Waals surface area contributed by atoms with Crippen molar-refractivity contribution in [3.05, 3.63) is 35.7 Å². The highest BCUT2D eigenvalue weighted by Gasteiger charge is 2.30. The van der Waals surface area contributed by atoms with Gasteiger partial charge in [-0.2, -0.15) is 0 Å².